The minimum Gasteiger partial charge on any atom is -0.487 e. The molecule has 0 fully saturated rings. The van der Waals surface area contributed by atoms with E-state index in [1.807, 2.05) is 72.4 Å². The highest BCUT2D eigenvalue weighted by molar-refractivity contribution is 9.10. The van der Waals surface area contributed by atoms with Crippen LogP contribution >= 0.6 is 15.9 Å². The topological polar surface area (TPSA) is 36.2 Å². The average molecular weight is 409 g/mol. The number of aromatic nitrogens is 2. The molecule has 0 unspecified atom stereocenters. The van der Waals surface area contributed by atoms with Crippen molar-refractivity contribution in [3.63, 3.8) is 0 Å². The van der Waals surface area contributed by atoms with Crippen LogP contribution in [0.2, 0.25) is 0 Å². The van der Waals surface area contributed by atoms with Gasteiger partial charge in [-0.15, -0.1) is 0 Å². The van der Waals surface area contributed by atoms with Crippen LogP contribution in [0.25, 0.3) is 16.5 Å². The lowest BCUT2D eigenvalue weighted by atomic mass is 10.1. The first-order valence-corrected chi connectivity index (χ1v) is 9.08. The molecule has 4 rings (SSSR count). The normalized spacial score (nSPS) is 11.0. The van der Waals surface area contributed by atoms with Crippen LogP contribution in [0.4, 0.5) is 0 Å². The molecule has 0 aliphatic carbocycles. The van der Waals surface area contributed by atoms with Gasteiger partial charge in [-0.25, -0.2) is 4.68 Å². The van der Waals surface area contributed by atoms with E-state index in [0.29, 0.717) is 11.1 Å². The van der Waals surface area contributed by atoms with E-state index in [9.17, 15) is 4.79 Å². The van der Waals surface area contributed by atoms with Crippen molar-refractivity contribution < 1.29 is 4.74 Å². The van der Waals surface area contributed by atoms with Crippen molar-refractivity contribution in [2.75, 3.05) is 0 Å². The minimum absolute atomic E-state index is 0.101. The molecule has 26 heavy (non-hydrogen) atoms. The molecule has 4 aromatic rings. The Hall–Kier alpha value is -2.79. The summed E-state index contributed by atoms with van der Waals surface area (Å²) in [5.74, 6) is 0.774. The van der Waals surface area contributed by atoms with Crippen molar-refractivity contribution >= 4 is 26.7 Å². The van der Waals surface area contributed by atoms with Crippen LogP contribution in [0, 0.1) is 0 Å². The van der Waals surface area contributed by atoms with Gasteiger partial charge in [-0.2, -0.15) is 0 Å². The Kier molecular flexibility index (Phi) is 4.39. The Morgan fingerprint density at radius 3 is 2.38 bits per heavy atom. The first-order valence-electron chi connectivity index (χ1n) is 8.28. The second-order valence-corrected chi connectivity index (χ2v) is 6.83. The standard InChI is InChI=1S/C21H17BrN2O2/c1-23-19(20(22)21(25)24(23)17-9-3-2-4-10-17)14-26-18-12-11-15-7-5-6-8-16(15)13-18/h2-13H,14H2,1H3. The SMILES string of the molecule is Cn1c(COc2ccc3ccccc3c2)c(Br)c(=O)n1-c1ccccc1. The fraction of sp³-hybridized carbons (Fsp3) is 0.0952. The van der Waals surface area contributed by atoms with Crippen molar-refractivity contribution in [2.45, 2.75) is 6.61 Å². The molecule has 0 aliphatic heterocycles. The maximum atomic E-state index is 12.6. The molecule has 4 nitrogen and oxygen atoms in total. The second kappa shape index (κ2) is 6.84. The highest BCUT2D eigenvalue weighted by Crippen LogP contribution is 2.23. The van der Waals surface area contributed by atoms with Crippen molar-refractivity contribution in [2.24, 2.45) is 7.05 Å². The Labute approximate surface area is 159 Å². The second-order valence-electron chi connectivity index (χ2n) is 6.03. The van der Waals surface area contributed by atoms with Gasteiger partial charge in [0.05, 0.1) is 11.4 Å². The van der Waals surface area contributed by atoms with Crippen LogP contribution in [-0.4, -0.2) is 9.36 Å². The predicted molar refractivity (Wildman–Crippen MR) is 107 cm³/mol. The molecule has 0 amide bonds. The number of rotatable bonds is 4. The molecule has 0 N–H and O–H groups in total. The summed E-state index contributed by atoms with van der Waals surface area (Å²) in [5.41, 5.74) is 1.50. The first kappa shape index (κ1) is 16.7. The summed E-state index contributed by atoms with van der Waals surface area (Å²) in [4.78, 5) is 12.6. The third-order valence-corrected chi connectivity index (χ3v) is 5.22. The molecule has 0 aliphatic rings. The van der Waals surface area contributed by atoms with Crippen LogP contribution in [0.15, 0.2) is 82.1 Å². The zero-order valence-corrected chi connectivity index (χ0v) is 15.8. The first-order chi connectivity index (χ1) is 12.6. The van der Waals surface area contributed by atoms with E-state index in [4.69, 9.17) is 4.74 Å². The summed E-state index contributed by atoms with van der Waals surface area (Å²) in [6.07, 6.45) is 0. The molecule has 0 saturated carbocycles. The van der Waals surface area contributed by atoms with E-state index in [2.05, 4.69) is 28.1 Å². The molecule has 1 heterocycles. The van der Waals surface area contributed by atoms with Gasteiger partial charge >= 0.3 is 0 Å². The van der Waals surface area contributed by atoms with Gasteiger partial charge in [0.15, 0.2) is 0 Å². The number of nitrogens with zero attached hydrogens (tertiary/aromatic N) is 2. The maximum absolute atomic E-state index is 12.6. The maximum Gasteiger partial charge on any atom is 0.286 e. The summed E-state index contributed by atoms with van der Waals surface area (Å²) < 4.78 is 9.93. The highest BCUT2D eigenvalue weighted by Gasteiger charge is 2.17. The number of halogens is 1. The lowest BCUT2D eigenvalue weighted by molar-refractivity contribution is 0.293. The van der Waals surface area contributed by atoms with E-state index in [-0.39, 0.29) is 5.56 Å². The van der Waals surface area contributed by atoms with Crippen LogP contribution < -0.4 is 10.3 Å². The Morgan fingerprint density at radius 2 is 1.62 bits per heavy atom. The fourth-order valence-corrected chi connectivity index (χ4v) is 3.58. The summed E-state index contributed by atoms with van der Waals surface area (Å²) in [6, 6.07) is 23.7. The van der Waals surface area contributed by atoms with Crippen LogP contribution in [0.1, 0.15) is 5.69 Å². The van der Waals surface area contributed by atoms with Gasteiger partial charge in [0.2, 0.25) is 0 Å². The van der Waals surface area contributed by atoms with Gasteiger partial charge < -0.3 is 4.74 Å². The fourth-order valence-electron chi connectivity index (χ4n) is 3.04. The number of ether oxygens (including phenoxy) is 1. The molecule has 0 atom stereocenters. The van der Waals surface area contributed by atoms with Gasteiger partial charge in [0, 0.05) is 7.05 Å². The predicted octanol–water partition coefficient (Wildman–Crippen LogP) is 4.67. The molecule has 130 valence electrons. The molecule has 1 aromatic heterocycles. The largest absolute Gasteiger partial charge is 0.487 e. The summed E-state index contributed by atoms with van der Waals surface area (Å²) in [5, 5.41) is 2.29. The van der Waals surface area contributed by atoms with Crippen LogP contribution in [0.5, 0.6) is 5.75 Å². The van der Waals surface area contributed by atoms with Crippen LogP contribution in [0.3, 0.4) is 0 Å². The van der Waals surface area contributed by atoms with Gasteiger partial charge in [0.25, 0.3) is 5.56 Å². The van der Waals surface area contributed by atoms with Gasteiger partial charge in [-0.3, -0.25) is 9.48 Å². The molecule has 0 radical (unpaired) electrons. The monoisotopic (exact) mass is 408 g/mol. The molecule has 3 aromatic carbocycles. The summed E-state index contributed by atoms with van der Waals surface area (Å²) in [7, 11) is 1.86. The van der Waals surface area contributed by atoms with Crippen molar-refractivity contribution in [1.29, 1.82) is 0 Å². The van der Waals surface area contributed by atoms with E-state index in [1.165, 1.54) is 5.39 Å². The van der Waals surface area contributed by atoms with Gasteiger partial charge in [0.1, 0.15) is 16.8 Å². The number of fused-ring (bicyclic) bond motifs is 1. The van der Waals surface area contributed by atoms with E-state index in [1.54, 1.807) is 4.68 Å². The van der Waals surface area contributed by atoms with Gasteiger partial charge in [-0.05, 0) is 51.0 Å². The number of hydrogen-bond donors (Lipinski definition) is 0. The third-order valence-electron chi connectivity index (χ3n) is 4.42. The quantitative estimate of drug-likeness (QED) is 0.491. The Morgan fingerprint density at radius 1 is 0.923 bits per heavy atom. The molecular weight excluding hydrogens is 392 g/mol. The van der Waals surface area contributed by atoms with Crippen LogP contribution in [-0.2, 0) is 13.7 Å². The van der Waals surface area contributed by atoms with E-state index >= 15 is 0 Å². The van der Waals surface area contributed by atoms with Crippen molar-refractivity contribution in [1.82, 2.24) is 9.36 Å². The third kappa shape index (κ3) is 2.95. The molecule has 5 heteroatoms. The van der Waals surface area contributed by atoms with E-state index in [0.717, 1.165) is 22.5 Å². The Balaban J connectivity index is 1.65. The van der Waals surface area contributed by atoms with Gasteiger partial charge in [-0.1, -0.05) is 48.5 Å². The molecule has 0 bridgehead atoms. The lowest BCUT2D eigenvalue weighted by Gasteiger charge is -2.11. The Bertz CT molecular complexity index is 1130. The summed E-state index contributed by atoms with van der Waals surface area (Å²) >= 11 is 3.43. The smallest absolute Gasteiger partial charge is 0.286 e. The molecular formula is C21H17BrN2O2. The average Bonchev–Trinajstić information content (AvgIpc) is 2.89. The zero-order chi connectivity index (χ0) is 18.1. The summed E-state index contributed by atoms with van der Waals surface area (Å²) in [6.45, 7) is 0.296. The molecule has 0 saturated heterocycles. The van der Waals surface area contributed by atoms with Crippen molar-refractivity contribution in [3.05, 3.63) is 93.3 Å². The lowest BCUT2D eigenvalue weighted by Crippen LogP contribution is -2.19. The molecule has 0 spiro atoms. The van der Waals surface area contributed by atoms with Crippen molar-refractivity contribution in [3.8, 4) is 11.4 Å². The number of hydrogen-bond acceptors (Lipinski definition) is 2. The van der Waals surface area contributed by atoms with E-state index < -0.39 is 0 Å². The highest BCUT2D eigenvalue weighted by atomic mass is 79.9. The number of para-hydroxylation sites is 1. The zero-order valence-electron chi connectivity index (χ0n) is 14.2. The minimum atomic E-state index is -0.101. The number of benzene rings is 3.